The molecule has 0 aliphatic carbocycles. The highest BCUT2D eigenvalue weighted by Gasteiger charge is 2.10. The Balaban J connectivity index is 1.76. The number of hydrogen-bond donors (Lipinski definition) is 1. The predicted molar refractivity (Wildman–Crippen MR) is 79.7 cm³/mol. The highest BCUT2D eigenvalue weighted by Crippen LogP contribution is 2.17. The van der Waals surface area contributed by atoms with Crippen molar-refractivity contribution >= 4 is 15.9 Å². The van der Waals surface area contributed by atoms with Gasteiger partial charge in [-0.3, -0.25) is 4.90 Å². The molecular formula is C14H21BrFN3. The van der Waals surface area contributed by atoms with Crippen LogP contribution in [0.4, 0.5) is 4.39 Å². The molecule has 1 aliphatic rings. The van der Waals surface area contributed by atoms with Crippen LogP contribution in [0.3, 0.4) is 0 Å². The van der Waals surface area contributed by atoms with Gasteiger partial charge >= 0.3 is 0 Å². The molecular weight excluding hydrogens is 309 g/mol. The highest BCUT2D eigenvalue weighted by atomic mass is 79.9. The van der Waals surface area contributed by atoms with Crippen LogP contribution in [0.1, 0.15) is 5.56 Å². The van der Waals surface area contributed by atoms with E-state index in [4.69, 9.17) is 0 Å². The van der Waals surface area contributed by atoms with Gasteiger partial charge in [0, 0.05) is 45.8 Å². The maximum atomic E-state index is 13.2. The SMILES string of the molecule is CN(CCN1CCNCC1)Cc1ccc(F)c(Br)c1. The first-order chi connectivity index (χ1) is 9.15. The van der Waals surface area contributed by atoms with Crippen LogP contribution < -0.4 is 5.32 Å². The molecule has 0 radical (unpaired) electrons. The van der Waals surface area contributed by atoms with Gasteiger partial charge in [0.15, 0.2) is 0 Å². The third-order valence-corrected chi connectivity index (χ3v) is 4.05. The molecule has 0 bridgehead atoms. The molecule has 1 N–H and O–H groups in total. The average molecular weight is 330 g/mol. The lowest BCUT2D eigenvalue weighted by Crippen LogP contribution is -2.45. The summed E-state index contributed by atoms with van der Waals surface area (Å²) in [5, 5.41) is 3.36. The minimum absolute atomic E-state index is 0.202. The Morgan fingerprint density at radius 2 is 2.11 bits per heavy atom. The molecule has 2 rings (SSSR count). The van der Waals surface area contributed by atoms with Gasteiger partial charge in [-0.25, -0.2) is 4.39 Å². The second-order valence-electron chi connectivity index (χ2n) is 5.08. The monoisotopic (exact) mass is 329 g/mol. The smallest absolute Gasteiger partial charge is 0.137 e. The molecule has 1 saturated heterocycles. The summed E-state index contributed by atoms with van der Waals surface area (Å²) in [5.41, 5.74) is 1.14. The van der Waals surface area contributed by atoms with Gasteiger partial charge in [0.1, 0.15) is 5.82 Å². The molecule has 1 aromatic rings. The number of hydrogen-bond acceptors (Lipinski definition) is 3. The summed E-state index contributed by atoms with van der Waals surface area (Å²) in [4.78, 5) is 4.76. The zero-order chi connectivity index (χ0) is 13.7. The van der Waals surface area contributed by atoms with Crippen molar-refractivity contribution < 1.29 is 4.39 Å². The van der Waals surface area contributed by atoms with Crippen LogP contribution in [0.2, 0.25) is 0 Å². The molecule has 0 atom stereocenters. The van der Waals surface area contributed by atoms with E-state index >= 15 is 0 Å². The van der Waals surface area contributed by atoms with E-state index in [1.165, 1.54) is 6.07 Å². The third-order valence-electron chi connectivity index (χ3n) is 3.44. The van der Waals surface area contributed by atoms with Gasteiger partial charge in [-0.1, -0.05) is 6.07 Å². The second kappa shape index (κ2) is 7.33. The van der Waals surface area contributed by atoms with Crippen LogP contribution in [-0.4, -0.2) is 56.1 Å². The Hall–Kier alpha value is -0.490. The van der Waals surface area contributed by atoms with Crippen LogP contribution in [0, 0.1) is 5.82 Å². The highest BCUT2D eigenvalue weighted by molar-refractivity contribution is 9.10. The molecule has 0 saturated carbocycles. The average Bonchev–Trinajstić information content (AvgIpc) is 2.42. The fraction of sp³-hybridized carbons (Fsp3) is 0.571. The van der Waals surface area contributed by atoms with Crippen LogP contribution in [0.15, 0.2) is 22.7 Å². The first-order valence-electron chi connectivity index (χ1n) is 6.71. The van der Waals surface area contributed by atoms with Crippen LogP contribution in [0.25, 0.3) is 0 Å². The van der Waals surface area contributed by atoms with E-state index in [9.17, 15) is 4.39 Å². The summed E-state index contributed by atoms with van der Waals surface area (Å²) in [6.07, 6.45) is 0. The summed E-state index contributed by atoms with van der Waals surface area (Å²) in [6, 6.07) is 5.22. The van der Waals surface area contributed by atoms with Crippen molar-refractivity contribution in [2.45, 2.75) is 6.54 Å². The van der Waals surface area contributed by atoms with E-state index in [2.05, 4.69) is 38.1 Å². The van der Waals surface area contributed by atoms with Gasteiger partial charge in [0.05, 0.1) is 4.47 Å². The van der Waals surface area contributed by atoms with Crippen molar-refractivity contribution in [3.05, 3.63) is 34.1 Å². The van der Waals surface area contributed by atoms with Gasteiger partial charge in [-0.2, -0.15) is 0 Å². The number of nitrogens with zero attached hydrogens (tertiary/aromatic N) is 2. The Kier molecular flexibility index (Phi) is 5.76. The maximum Gasteiger partial charge on any atom is 0.137 e. The van der Waals surface area contributed by atoms with Crippen molar-refractivity contribution in [1.82, 2.24) is 15.1 Å². The van der Waals surface area contributed by atoms with Gasteiger partial charge in [0.2, 0.25) is 0 Å². The summed E-state index contributed by atoms with van der Waals surface area (Å²) >= 11 is 3.23. The van der Waals surface area contributed by atoms with E-state index in [0.29, 0.717) is 4.47 Å². The summed E-state index contributed by atoms with van der Waals surface area (Å²) in [7, 11) is 2.11. The molecule has 1 fully saturated rings. The lowest BCUT2D eigenvalue weighted by atomic mass is 10.2. The summed E-state index contributed by atoms with van der Waals surface area (Å²) in [6.45, 7) is 7.44. The van der Waals surface area contributed by atoms with Crippen LogP contribution in [0.5, 0.6) is 0 Å². The van der Waals surface area contributed by atoms with Crippen LogP contribution >= 0.6 is 15.9 Å². The largest absolute Gasteiger partial charge is 0.314 e. The number of rotatable bonds is 5. The Morgan fingerprint density at radius 1 is 1.37 bits per heavy atom. The first kappa shape index (κ1) is 14.9. The number of benzene rings is 1. The lowest BCUT2D eigenvalue weighted by Gasteiger charge is -2.29. The van der Waals surface area contributed by atoms with E-state index < -0.39 is 0 Å². The molecule has 0 aromatic heterocycles. The minimum atomic E-state index is -0.202. The third kappa shape index (κ3) is 4.84. The minimum Gasteiger partial charge on any atom is -0.314 e. The Bertz CT molecular complexity index is 408. The molecule has 3 nitrogen and oxygen atoms in total. The maximum absolute atomic E-state index is 13.2. The van der Waals surface area contributed by atoms with Gasteiger partial charge in [-0.15, -0.1) is 0 Å². The van der Waals surface area contributed by atoms with E-state index in [-0.39, 0.29) is 5.82 Å². The van der Waals surface area contributed by atoms with Crippen molar-refractivity contribution in [2.24, 2.45) is 0 Å². The van der Waals surface area contributed by atoms with Gasteiger partial charge < -0.3 is 10.2 Å². The topological polar surface area (TPSA) is 18.5 Å². The van der Waals surface area contributed by atoms with Gasteiger partial charge in [0.25, 0.3) is 0 Å². The molecule has 0 amide bonds. The molecule has 0 spiro atoms. The van der Waals surface area contributed by atoms with Crippen molar-refractivity contribution in [1.29, 1.82) is 0 Å². The fourth-order valence-corrected chi connectivity index (χ4v) is 2.70. The van der Waals surface area contributed by atoms with Crippen molar-refractivity contribution in [3.63, 3.8) is 0 Å². The number of halogens is 2. The van der Waals surface area contributed by atoms with E-state index in [0.717, 1.165) is 51.4 Å². The molecule has 0 unspecified atom stereocenters. The van der Waals surface area contributed by atoms with Gasteiger partial charge in [-0.05, 0) is 40.7 Å². The lowest BCUT2D eigenvalue weighted by molar-refractivity contribution is 0.202. The zero-order valence-electron chi connectivity index (χ0n) is 11.3. The Morgan fingerprint density at radius 3 is 2.79 bits per heavy atom. The molecule has 1 aromatic carbocycles. The van der Waals surface area contributed by atoms with E-state index in [1.54, 1.807) is 0 Å². The fourth-order valence-electron chi connectivity index (χ4n) is 2.28. The van der Waals surface area contributed by atoms with Crippen LogP contribution in [-0.2, 0) is 6.54 Å². The predicted octanol–water partition coefficient (Wildman–Crippen LogP) is 1.93. The van der Waals surface area contributed by atoms with E-state index in [1.807, 2.05) is 12.1 Å². The standard InChI is InChI=1S/C14H21BrFN3/c1-18(8-9-19-6-4-17-5-7-19)11-12-2-3-14(16)13(15)10-12/h2-3,10,17H,4-9,11H2,1H3. The summed E-state index contributed by atoms with van der Waals surface area (Å²) in [5.74, 6) is -0.202. The summed E-state index contributed by atoms with van der Waals surface area (Å²) < 4.78 is 13.7. The quantitative estimate of drug-likeness (QED) is 0.890. The number of likely N-dealkylation sites (N-methyl/N-ethyl adjacent to an activating group) is 1. The molecule has 5 heteroatoms. The van der Waals surface area contributed by atoms with Crippen molar-refractivity contribution in [2.75, 3.05) is 46.3 Å². The molecule has 1 aliphatic heterocycles. The molecule has 19 heavy (non-hydrogen) atoms. The zero-order valence-corrected chi connectivity index (χ0v) is 12.9. The first-order valence-corrected chi connectivity index (χ1v) is 7.50. The second-order valence-corrected chi connectivity index (χ2v) is 5.93. The number of nitrogens with one attached hydrogen (secondary N) is 1. The normalized spacial score (nSPS) is 17.1. The number of piperazine rings is 1. The Labute approximate surface area is 122 Å². The molecule has 1 heterocycles. The van der Waals surface area contributed by atoms with Crippen molar-refractivity contribution in [3.8, 4) is 0 Å². The molecule has 106 valence electrons.